The Labute approximate surface area is 113 Å². The normalized spacial score (nSPS) is 19.3. The smallest absolute Gasteiger partial charge is 0.254 e. The van der Waals surface area contributed by atoms with Crippen LogP contribution in [-0.4, -0.2) is 23.9 Å². The molecule has 102 valence electrons. The van der Waals surface area contributed by atoms with Crippen LogP contribution in [0.3, 0.4) is 0 Å². The molecule has 0 aromatic heterocycles. The van der Waals surface area contributed by atoms with E-state index >= 15 is 0 Å². The summed E-state index contributed by atoms with van der Waals surface area (Å²) in [6, 6.07) is 4.39. The number of allylic oxidation sites excluding steroid dienone is 1. The fraction of sp³-hybridized carbons (Fsp3) is 0.438. The molecule has 0 radical (unpaired) electrons. The van der Waals surface area contributed by atoms with Gasteiger partial charge in [0.05, 0.1) is 0 Å². The molecule has 1 unspecified atom stereocenters. The van der Waals surface area contributed by atoms with E-state index in [1.165, 1.54) is 12.1 Å². The third-order valence-electron chi connectivity index (χ3n) is 3.59. The van der Waals surface area contributed by atoms with Crippen molar-refractivity contribution in [1.82, 2.24) is 4.90 Å². The molecule has 0 aliphatic carbocycles. The van der Waals surface area contributed by atoms with Gasteiger partial charge in [0, 0.05) is 18.7 Å². The molecule has 0 spiro atoms. The standard InChI is InChI=1S/C16H20FNO/c1-3-4-5-13-8-9-18(11-13)16(19)15-10-14(17)7-6-12(15)2/h4-7,10,13H,3,8-9,11H2,1-2H3. The van der Waals surface area contributed by atoms with E-state index in [1.54, 1.807) is 6.07 Å². The lowest BCUT2D eigenvalue weighted by molar-refractivity contribution is 0.0788. The van der Waals surface area contributed by atoms with Gasteiger partial charge < -0.3 is 4.90 Å². The fourth-order valence-electron chi connectivity index (χ4n) is 2.45. The molecule has 2 rings (SSSR count). The molecule has 1 saturated heterocycles. The average Bonchev–Trinajstić information content (AvgIpc) is 2.87. The Hall–Kier alpha value is -1.64. The van der Waals surface area contributed by atoms with Gasteiger partial charge in [0.15, 0.2) is 0 Å². The van der Waals surface area contributed by atoms with Crippen LogP contribution in [0.2, 0.25) is 0 Å². The molecular weight excluding hydrogens is 241 g/mol. The number of benzene rings is 1. The van der Waals surface area contributed by atoms with Crippen LogP contribution in [0.1, 0.15) is 35.7 Å². The molecule has 1 fully saturated rings. The molecule has 2 nitrogen and oxygen atoms in total. The Morgan fingerprint density at radius 3 is 3.05 bits per heavy atom. The van der Waals surface area contributed by atoms with Crippen molar-refractivity contribution in [2.45, 2.75) is 26.7 Å². The first-order chi connectivity index (χ1) is 9.11. The Balaban J connectivity index is 2.09. The average molecular weight is 261 g/mol. The number of amides is 1. The topological polar surface area (TPSA) is 20.3 Å². The lowest BCUT2D eigenvalue weighted by Gasteiger charge is -2.17. The number of carbonyl (C=O) groups is 1. The molecule has 1 amide bonds. The fourth-order valence-corrected chi connectivity index (χ4v) is 2.45. The number of halogens is 1. The lowest BCUT2D eigenvalue weighted by atomic mass is 10.1. The Bertz CT molecular complexity index is 496. The summed E-state index contributed by atoms with van der Waals surface area (Å²) >= 11 is 0. The van der Waals surface area contributed by atoms with Gasteiger partial charge >= 0.3 is 0 Å². The number of nitrogens with zero attached hydrogens (tertiary/aromatic N) is 1. The predicted molar refractivity (Wildman–Crippen MR) is 74.6 cm³/mol. The highest BCUT2D eigenvalue weighted by molar-refractivity contribution is 5.95. The second-order valence-corrected chi connectivity index (χ2v) is 5.10. The van der Waals surface area contributed by atoms with Crippen molar-refractivity contribution in [3.63, 3.8) is 0 Å². The summed E-state index contributed by atoms with van der Waals surface area (Å²) < 4.78 is 13.3. The molecule has 0 saturated carbocycles. The SMILES string of the molecule is CCC=CC1CCN(C(=O)c2cc(F)ccc2C)C1. The van der Waals surface area contributed by atoms with Crippen molar-refractivity contribution in [3.8, 4) is 0 Å². The second-order valence-electron chi connectivity index (χ2n) is 5.10. The summed E-state index contributed by atoms with van der Waals surface area (Å²) in [5, 5.41) is 0. The summed E-state index contributed by atoms with van der Waals surface area (Å²) in [5.41, 5.74) is 1.32. The van der Waals surface area contributed by atoms with Gasteiger partial charge in [-0.15, -0.1) is 0 Å². The van der Waals surface area contributed by atoms with Crippen LogP contribution in [0, 0.1) is 18.7 Å². The second kappa shape index (κ2) is 6.00. The van der Waals surface area contributed by atoms with Gasteiger partial charge in [0.25, 0.3) is 5.91 Å². The maximum Gasteiger partial charge on any atom is 0.254 e. The maximum atomic E-state index is 13.3. The molecular formula is C16H20FNO. The van der Waals surface area contributed by atoms with E-state index in [-0.39, 0.29) is 11.7 Å². The van der Waals surface area contributed by atoms with Gasteiger partial charge in [0.2, 0.25) is 0 Å². The van der Waals surface area contributed by atoms with Crippen molar-refractivity contribution < 1.29 is 9.18 Å². The zero-order valence-electron chi connectivity index (χ0n) is 11.5. The molecule has 19 heavy (non-hydrogen) atoms. The van der Waals surface area contributed by atoms with Crippen LogP contribution in [-0.2, 0) is 0 Å². The van der Waals surface area contributed by atoms with Gasteiger partial charge in [-0.1, -0.05) is 25.1 Å². The van der Waals surface area contributed by atoms with E-state index in [1.807, 2.05) is 11.8 Å². The molecule has 3 heteroatoms. The first-order valence-corrected chi connectivity index (χ1v) is 6.84. The van der Waals surface area contributed by atoms with Crippen LogP contribution in [0.25, 0.3) is 0 Å². The number of rotatable bonds is 3. The van der Waals surface area contributed by atoms with Gasteiger partial charge in [-0.25, -0.2) is 4.39 Å². The first-order valence-electron chi connectivity index (χ1n) is 6.84. The van der Waals surface area contributed by atoms with Crippen LogP contribution < -0.4 is 0 Å². The molecule has 1 aromatic carbocycles. The van der Waals surface area contributed by atoms with Crippen LogP contribution in [0.4, 0.5) is 4.39 Å². The van der Waals surface area contributed by atoms with Crippen molar-refractivity contribution in [1.29, 1.82) is 0 Å². The maximum absolute atomic E-state index is 13.3. The van der Waals surface area contributed by atoms with E-state index < -0.39 is 0 Å². The van der Waals surface area contributed by atoms with E-state index in [0.717, 1.165) is 31.5 Å². The van der Waals surface area contributed by atoms with Gasteiger partial charge in [-0.2, -0.15) is 0 Å². The minimum atomic E-state index is -0.351. The van der Waals surface area contributed by atoms with Crippen LogP contribution in [0.15, 0.2) is 30.4 Å². The van der Waals surface area contributed by atoms with Gasteiger partial charge in [-0.05, 0) is 43.4 Å². The minimum absolute atomic E-state index is 0.0515. The largest absolute Gasteiger partial charge is 0.338 e. The molecule has 1 aromatic rings. The lowest BCUT2D eigenvalue weighted by Crippen LogP contribution is -2.29. The summed E-state index contributed by atoms with van der Waals surface area (Å²) in [5.74, 6) is 0.0396. The molecule has 1 heterocycles. The van der Waals surface area contributed by atoms with E-state index in [0.29, 0.717) is 11.5 Å². The van der Waals surface area contributed by atoms with E-state index in [4.69, 9.17) is 0 Å². The number of likely N-dealkylation sites (tertiary alicyclic amines) is 1. The number of carbonyl (C=O) groups excluding carboxylic acids is 1. The monoisotopic (exact) mass is 261 g/mol. The minimum Gasteiger partial charge on any atom is -0.338 e. The molecule has 0 N–H and O–H groups in total. The van der Waals surface area contributed by atoms with E-state index in [2.05, 4.69) is 19.1 Å². The highest BCUT2D eigenvalue weighted by Crippen LogP contribution is 2.21. The molecule has 1 aliphatic rings. The van der Waals surface area contributed by atoms with Crippen molar-refractivity contribution in [3.05, 3.63) is 47.3 Å². The number of hydrogen-bond acceptors (Lipinski definition) is 1. The van der Waals surface area contributed by atoms with Gasteiger partial charge in [0.1, 0.15) is 5.82 Å². The number of hydrogen-bond donors (Lipinski definition) is 0. The van der Waals surface area contributed by atoms with Crippen molar-refractivity contribution >= 4 is 5.91 Å². The Kier molecular flexibility index (Phi) is 4.35. The van der Waals surface area contributed by atoms with Crippen molar-refractivity contribution in [2.75, 3.05) is 13.1 Å². The van der Waals surface area contributed by atoms with Crippen LogP contribution >= 0.6 is 0 Å². The summed E-state index contributed by atoms with van der Waals surface area (Å²) in [7, 11) is 0. The zero-order chi connectivity index (χ0) is 13.8. The van der Waals surface area contributed by atoms with Gasteiger partial charge in [-0.3, -0.25) is 4.79 Å². The summed E-state index contributed by atoms with van der Waals surface area (Å²) in [6.07, 6.45) is 6.35. The highest BCUT2D eigenvalue weighted by atomic mass is 19.1. The Morgan fingerprint density at radius 2 is 2.32 bits per heavy atom. The molecule has 0 bridgehead atoms. The Morgan fingerprint density at radius 1 is 1.53 bits per heavy atom. The number of aryl methyl sites for hydroxylation is 1. The van der Waals surface area contributed by atoms with E-state index in [9.17, 15) is 9.18 Å². The zero-order valence-corrected chi connectivity index (χ0v) is 11.5. The van der Waals surface area contributed by atoms with Crippen molar-refractivity contribution in [2.24, 2.45) is 5.92 Å². The molecule has 1 aliphatic heterocycles. The molecule has 1 atom stereocenters. The first kappa shape index (κ1) is 13.8. The summed E-state index contributed by atoms with van der Waals surface area (Å²) in [6.45, 7) is 5.44. The third-order valence-corrected chi connectivity index (χ3v) is 3.59. The quantitative estimate of drug-likeness (QED) is 0.762. The summed E-state index contributed by atoms with van der Waals surface area (Å²) in [4.78, 5) is 14.2. The van der Waals surface area contributed by atoms with Crippen LogP contribution in [0.5, 0.6) is 0 Å². The third kappa shape index (κ3) is 3.22. The highest BCUT2D eigenvalue weighted by Gasteiger charge is 2.26. The predicted octanol–water partition coefficient (Wildman–Crippen LogP) is 3.56.